The summed E-state index contributed by atoms with van der Waals surface area (Å²) in [4.78, 5) is 0. The van der Waals surface area contributed by atoms with Crippen molar-refractivity contribution in [2.24, 2.45) is 0 Å². The molecule has 1 N–H and O–H groups in total. The molecule has 1 atom stereocenters. The van der Waals surface area contributed by atoms with Crippen molar-refractivity contribution in [2.45, 2.75) is 12.7 Å². The number of hydrogen-bond acceptors (Lipinski definition) is 2. The van der Waals surface area contributed by atoms with E-state index in [1.54, 1.807) is 13.1 Å². The fraction of sp³-hybridized carbons (Fsp3) is 0.400. The van der Waals surface area contributed by atoms with E-state index in [2.05, 4.69) is 5.32 Å². The maximum absolute atomic E-state index is 13.4. The number of likely N-dealkylation sites (N-methyl/N-ethyl adjacent to an activating group) is 1. The van der Waals surface area contributed by atoms with Gasteiger partial charge in [0, 0.05) is 12.1 Å². The number of hydrogen-bond donors (Lipinski definition) is 1. The van der Waals surface area contributed by atoms with Gasteiger partial charge in [0.25, 0.3) is 0 Å². The van der Waals surface area contributed by atoms with Crippen LogP contribution in [-0.4, -0.2) is 13.6 Å². The van der Waals surface area contributed by atoms with Gasteiger partial charge >= 0.3 is 0 Å². The average molecular weight is 199 g/mol. The molecule has 0 amide bonds. The molecule has 0 saturated heterocycles. The summed E-state index contributed by atoms with van der Waals surface area (Å²) < 4.78 is 31.7. The first kappa shape index (κ1) is 9.55. The monoisotopic (exact) mass is 199 g/mol. The highest BCUT2D eigenvalue weighted by atomic mass is 19.2. The minimum absolute atomic E-state index is 0.360. The Labute approximate surface area is 80.9 Å². The van der Waals surface area contributed by atoms with Gasteiger partial charge in [-0.2, -0.15) is 0 Å². The molecule has 0 aromatic heterocycles. The molecule has 1 aromatic rings. The predicted octanol–water partition coefficient (Wildman–Crippen LogP) is 1.76. The molecule has 0 aliphatic carbocycles. The van der Waals surface area contributed by atoms with Crippen molar-refractivity contribution in [1.82, 2.24) is 5.32 Å². The molecule has 14 heavy (non-hydrogen) atoms. The van der Waals surface area contributed by atoms with Crippen LogP contribution in [-0.2, 0) is 11.3 Å². The molecule has 1 aliphatic heterocycles. The lowest BCUT2D eigenvalue weighted by molar-refractivity contribution is 0.0657. The normalized spacial score (nSPS) is 19.8. The van der Waals surface area contributed by atoms with Crippen LogP contribution in [0.5, 0.6) is 0 Å². The van der Waals surface area contributed by atoms with E-state index >= 15 is 0 Å². The van der Waals surface area contributed by atoms with Crippen LogP contribution in [0.3, 0.4) is 0 Å². The Balaban J connectivity index is 2.41. The van der Waals surface area contributed by atoms with Crippen LogP contribution < -0.4 is 5.32 Å². The van der Waals surface area contributed by atoms with Gasteiger partial charge in [0.2, 0.25) is 0 Å². The average Bonchev–Trinajstić information content (AvgIpc) is 2.57. The van der Waals surface area contributed by atoms with Crippen molar-refractivity contribution < 1.29 is 13.5 Å². The molecular formula is C10H11F2NO. The third-order valence-electron chi connectivity index (χ3n) is 2.37. The molecule has 0 unspecified atom stereocenters. The number of ether oxygens (including phenoxy) is 1. The largest absolute Gasteiger partial charge is 0.367 e. The van der Waals surface area contributed by atoms with Crippen LogP contribution in [0.15, 0.2) is 12.1 Å². The Bertz CT molecular complexity index is 352. The smallest absolute Gasteiger partial charge is 0.165 e. The first-order valence-corrected chi connectivity index (χ1v) is 4.47. The topological polar surface area (TPSA) is 21.3 Å². The highest BCUT2D eigenvalue weighted by Gasteiger charge is 2.27. The van der Waals surface area contributed by atoms with Gasteiger partial charge in [0.1, 0.15) is 0 Å². The van der Waals surface area contributed by atoms with Gasteiger partial charge in [0.05, 0.1) is 12.7 Å². The quantitative estimate of drug-likeness (QED) is 0.783. The Kier molecular flexibility index (Phi) is 2.48. The van der Waals surface area contributed by atoms with E-state index in [1.165, 1.54) is 0 Å². The van der Waals surface area contributed by atoms with Gasteiger partial charge in [-0.05, 0) is 18.7 Å². The molecule has 0 spiro atoms. The van der Waals surface area contributed by atoms with Crippen LogP contribution in [0, 0.1) is 11.6 Å². The molecule has 1 heterocycles. The second kappa shape index (κ2) is 3.63. The third kappa shape index (κ3) is 1.40. The lowest BCUT2D eigenvalue weighted by atomic mass is 10.0. The standard InChI is InChI=1S/C10H11F2NO/c1-13-4-8-9-6(5-14-8)2-3-7(11)10(9)12/h2-3,8,13H,4-5H2,1H3/t8-/m0/s1. The summed E-state index contributed by atoms with van der Waals surface area (Å²) in [7, 11) is 1.75. The van der Waals surface area contributed by atoms with Crippen LogP contribution in [0.4, 0.5) is 8.78 Å². The molecule has 4 heteroatoms. The Morgan fingerprint density at radius 3 is 3.00 bits per heavy atom. The number of halogens is 2. The lowest BCUT2D eigenvalue weighted by Gasteiger charge is -2.10. The number of benzene rings is 1. The van der Waals surface area contributed by atoms with Gasteiger partial charge in [0.15, 0.2) is 11.6 Å². The number of rotatable bonds is 2. The highest BCUT2D eigenvalue weighted by Crippen LogP contribution is 2.33. The van der Waals surface area contributed by atoms with E-state index in [0.717, 1.165) is 11.6 Å². The molecular weight excluding hydrogens is 188 g/mol. The molecule has 2 rings (SSSR count). The molecule has 1 aliphatic rings. The first-order chi connectivity index (χ1) is 6.74. The zero-order valence-electron chi connectivity index (χ0n) is 7.81. The van der Waals surface area contributed by atoms with Crippen molar-refractivity contribution in [1.29, 1.82) is 0 Å². The van der Waals surface area contributed by atoms with E-state index in [9.17, 15) is 8.78 Å². The summed E-state index contributed by atoms with van der Waals surface area (Å²) in [5.74, 6) is -1.59. The summed E-state index contributed by atoms with van der Waals surface area (Å²) in [5.41, 5.74) is 1.10. The summed E-state index contributed by atoms with van der Waals surface area (Å²) in [6.45, 7) is 0.853. The Morgan fingerprint density at radius 2 is 2.29 bits per heavy atom. The highest BCUT2D eigenvalue weighted by molar-refractivity contribution is 5.34. The van der Waals surface area contributed by atoms with E-state index in [-0.39, 0.29) is 6.10 Å². The van der Waals surface area contributed by atoms with E-state index in [4.69, 9.17) is 4.74 Å². The van der Waals surface area contributed by atoms with Gasteiger partial charge < -0.3 is 10.1 Å². The van der Waals surface area contributed by atoms with Gasteiger partial charge in [-0.3, -0.25) is 0 Å². The summed E-state index contributed by atoms with van der Waals surface area (Å²) in [6, 6.07) is 2.71. The van der Waals surface area contributed by atoms with Crippen LogP contribution in [0.1, 0.15) is 17.2 Å². The molecule has 76 valence electrons. The van der Waals surface area contributed by atoms with Crippen LogP contribution in [0.2, 0.25) is 0 Å². The maximum atomic E-state index is 13.4. The van der Waals surface area contributed by atoms with Gasteiger partial charge in [-0.25, -0.2) is 8.78 Å². The number of fused-ring (bicyclic) bond motifs is 1. The van der Waals surface area contributed by atoms with Crippen molar-refractivity contribution >= 4 is 0 Å². The van der Waals surface area contributed by atoms with Crippen LogP contribution >= 0.6 is 0 Å². The molecule has 2 nitrogen and oxygen atoms in total. The van der Waals surface area contributed by atoms with E-state index < -0.39 is 11.6 Å². The number of nitrogens with one attached hydrogen (secondary N) is 1. The minimum Gasteiger partial charge on any atom is -0.367 e. The van der Waals surface area contributed by atoms with Gasteiger partial charge in [-0.1, -0.05) is 6.07 Å². The molecule has 0 radical (unpaired) electrons. The second-order valence-electron chi connectivity index (χ2n) is 3.29. The fourth-order valence-electron chi connectivity index (χ4n) is 1.70. The molecule has 1 aromatic carbocycles. The Hall–Kier alpha value is -1.00. The zero-order chi connectivity index (χ0) is 10.1. The van der Waals surface area contributed by atoms with E-state index in [1.807, 2.05) is 0 Å². The van der Waals surface area contributed by atoms with Gasteiger partial charge in [-0.15, -0.1) is 0 Å². The van der Waals surface area contributed by atoms with Crippen LogP contribution in [0.25, 0.3) is 0 Å². The predicted molar refractivity (Wildman–Crippen MR) is 47.8 cm³/mol. The molecule has 0 fully saturated rings. The van der Waals surface area contributed by atoms with Crippen molar-refractivity contribution in [3.05, 3.63) is 34.9 Å². The second-order valence-corrected chi connectivity index (χ2v) is 3.29. The lowest BCUT2D eigenvalue weighted by Crippen LogP contribution is -2.17. The molecule has 0 saturated carbocycles. The van der Waals surface area contributed by atoms with E-state index in [0.29, 0.717) is 18.7 Å². The fourth-order valence-corrected chi connectivity index (χ4v) is 1.70. The van der Waals surface area contributed by atoms with Crippen molar-refractivity contribution in [3.8, 4) is 0 Å². The Morgan fingerprint density at radius 1 is 1.50 bits per heavy atom. The summed E-state index contributed by atoms with van der Waals surface area (Å²) in [5, 5.41) is 2.88. The third-order valence-corrected chi connectivity index (χ3v) is 2.37. The SMILES string of the molecule is CNC[C@@H]1OCc2ccc(F)c(F)c21. The summed E-state index contributed by atoms with van der Waals surface area (Å²) in [6.07, 6.45) is -0.370. The first-order valence-electron chi connectivity index (χ1n) is 4.47. The van der Waals surface area contributed by atoms with Crippen molar-refractivity contribution in [2.75, 3.05) is 13.6 Å². The van der Waals surface area contributed by atoms with Crippen molar-refractivity contribution in [3.63, 3.8) is 0 Å². The maximum Gasteiger partial charge on any atom is 0.165 e. The molecule has 0 bridgehead atoms. The zero-order valence-corrected chi connectivity index (χ0v) is 7.81. The summed E-state index contributed by atoms with van der Waals surface area (Å²) >= 11 is 0. The minimum atomic E-state index is -0.810.